The molecule has 0 bridgehead atoms. The van der Waals surface area contributed by atoms with Gasteiger partial charge in [0.15, 0.2) is 11.6 Å². The fraction of sp³-hybridized carbons (Fsp3) is 0.562. The van der Waals surface area contributed by atoms with E-state index in [1.807, 2.05) is 20.8 Å². The molecule has 2 rings (SSSR count). The van der Waals surface area contributed by atoms with Gasteiger partial charge in [0, 0.05) is 19.1 Å². The van der Waals surface area contributed by atoms with Crippen LogP contribution in [0.3, 0.4) is 0 Å². The molecule has 1 aromatic rings. The summed E-state index contributed by atoms with van der Waals surface area (Å²) >= 11 is 0. The molecule has 5 nitrogen and oxygen atoms in total. The fourth-order valence-corrected chi connectivity index (χ4v) is 2.47. The van der Waals surface area contributed by atoms with Crippen LogP contribution in [0, 0.1) is 5.82 Å². The van der Waals surface area contributed by atoms with Crippen molar-refractivity contribution in [2.75, 3.05) is 13.7 Å². The summed E-state index contributed by atoms with van der Waals surface area (Å²) in [6.07, 6.45) is 0.161. The van der Waals surface area contributed by atoms with E-state index in [0.29, 0.717) is 25.1 Å². The molecular weight excluding hydrogens is 287 g/mol. The SMILES string of the molecule is COc1cc2c(cc1F)[C@H](N)CCN(C(=O)OC(C)(C)C)C2. The minimum atomic E-state index is -0.561. The van der Waals surface area contributed by atoms with E-state index in [1.54, 1.807) is 11.0 Å². The van der Waals surface area contributed by atoms with E-state index in [4.69, 9.17) is 15.2 Å². The molecule has 0 fully saturated rings. The van der Waals surface area contributed by atoms with Crippen LogP contribution < -0.4 is 10.5 Å². The number of halogens is 1. The van der Waals surface area contributed by atoms with Crippen LogP contribution in [-0.2, 0) is 11.3 Å². The lowest BCUT2D eigenvalue weighted by Gasteiger charge is -2.26. The lowest BCUT2D eigenvalue weighted by molar-refractivity contribution is 0.0235. The zero-order valence-corrected chi connectivity index (χ0v) is 13.5. The van der Waals surface area contributed by atoms with Gasteiger partial charge in [-0.25, -0.2) is 9.18 Å². The van der Waals surface area contributed by atoms with Crippen molar-refractivity contribution >= 4 is 6.09 Å². The molecule has 1 amide bonds. The third-order valence-corrected chi connectivity index (χ3v) is 3.54. The third-order valence-electron chi connectivity index (χ3n) is 3.54. The average Bonchev–Trinajstić information content (AvgIpc) is 2.56. The highest BCUT2D eigenvalue weighted by Gasteiger charge is 2.28. The Hall–Kier alpha value is -1.82. The van der Waals surface area contributed by atoms with Crippen molar-refractivity contribution in [2.45, 2.75) is 45.4 Å². The van der Waals surface area contributed by atoms with E-state index in [-0.39, 0.29) is 11.8 Å². The van der Waals surface area contributed by atoms with Gasteiger partial charge in [0.2, 0.25) is 0 Å². The molecule has 1 aromatic carbocycles. The number of methoxy groups -OCH3 is 1. The number of fused-ring (bicyclic) bond motifs is 1. The van der Waals surface area contributed by atoms with Crippen LogP contribution in [-0.4, -0.2) is 30.2 Å². The Morgan fingerprint density at radius 1 is 1.41 bits per heavy atom. The zero-order valence-electron chi connectivity index (χ0n) is 13.5. The Balaban J connectivity index is 2.29. The summed E-state index contributed by atoms with van der Waals surface area (Å²) in [7, 11) is 1.41. The Bertz CT molecular complexity index is 569. The maximum Gasteiger partial charge on any atom is 0.410 e. The van der Waals surface area contributed by atoms with Crippen LogP contribution in [0.1, 0.15) is 44.4 Å². The van der Waals surface area contributed by atoms with E-state index in [9.17, 15) is 9.18 Å². The Kier molecular flexibility index (Phi) is 4.60. The van der Waals surface area contributed by atoms with Gasteiger partial charge < -0.3 is 20.1 Å². The number of carbonyl (C=O) groups excluding carboxylic acids is 1. The number of carbonyl (C=O) groups is 1. The smallest absolute Gasteiger partial charge is 0.410 e. The molecule has 0 radical (unpaired) electrons. The molecule has 6 heteroatoms. The second-order valence-electron chi connectivity index (χ2n) is 6.48. The third kappa shape index (κ3) is 3.68. The van der Waals surface area contributed by atoms with E-state index in [1.165, 1.54) is 13.2 Å². The number of ether oxygens (including phenoxy) is 2. The average molecular weight is 310 g/mol. The topological polar surface area (TPSA) is 64.8 Å². The number of hydrogen-bond donors (Lipinski definition) is 1. The first-order valence-electron chi connectivity index (χ1n) is 7.31. The number of nitrogens with two attached hydrogens (primary N) is 1. The van der Waals surface area contributed by atoms with Crippen molar-refractivity contribution < 1.29 is 18.7 Å². The van der Waals surface area contributed by atoms with Gasteiger partial charge >= 0.3 is 6.09 Å². The first-order valence-corrected chi connectivity index (χ1v) is 7.31. The maximum atomic E-state index is 13.9. The summed E-state index contributed by atoms with van der Waals surface area (Å²) in [5, 5.41) is 0. The van der Waals surface area contributed by atoms with Crippen LogP contribution in [0.4, 0.5) is 9.18 Å². The molecule has 1 atom stereocenters. The number of nitrogens with zero attached hydrogens (tertiary/aromatic N) is 1. The highest BCUT2D eigenvalue weighted by molar-refractivity contribution is 5.68. The summed E-state index contributed by atoms with van der Waals surface area (Å²) in [4.78, 5) is 13.9. The molecule has 0 saturated heterocycles. The molecule has 0 unspecified atom stereocenters. The van der Waals surface area contributed by atoms with Crippen molar-refractivity contribution in [3.63, 3.8) is 0 Å². The molecule has 22 heavy (non-hydrogen) atoms. The van der Waals surface area contributed by atoms with E-state index < -0.39 is 17.5 Å². The van der Waals surface area contributed by atoms with Crippen molar-refractivity contribution in [1.82, 2.24) is 4.90 Å². The van der Waals surface area contributed by atoms with Gasteiger partial charge in [-0.3, -0.25) is 0 Å². The molecule has 1 aliphatic heterocycles. The van der Waals surface area contributed by atoms with E-state index in [0.717, 1.165) is 5.56 Å². The van der Waals surface area contributed by atoms with E-state index in [2.05, 4.69) is 0 Å². The van der Waals surface area contributed by atoms with Crippen molar-refractivity contribution in [3.8, 4) is 5.75 Å². The monoisotopic (exact) mass is 310 g/mol. The lowest BCUT2D eigenvalue weighted by Crippen LogP contribution is -2.36. The summed E-state index contributed by atoms with van der Waals surface area (Å²) in [5.74, 6) is -0.292. The molecule has 1 heterocycles. The second kappa shape index (κ2) is 6.12. The minimum Gasteiger partial charge on any atom is -0.494 e. The highest BCUT2D eigenvalue weighted by Crippen LogP contribution is 2.31. The summed E-state index contributed by atoms with van der Waals surface area (Å²) in [6, 6.07) is 2.69. The highest BCUT2D eigenvalue weighted by atomic mass is 19.1. The van der Waals surface area contributed by atoms with Crippen LogP contribution in [0.5, 0.6) is 5.75 Å². The number of benzene rings is 1. The maximum absolute atomic E-state index is 13.9. The lowest BCUT2D eigenvalue weighted by atomic mass is 9.99. The number of hydrogen-bond acceptors (Lipinski definition) is 4. The predicted molar refractivity (Wildman–Crippen MR) is 81.1 cm³/mol. The molecule has 0 aromatic heterocycles. The molecule has 0 spiro atoms. The largest absolute Gasteiger partial charge is 0.494 e. The van der Waals surface area contributed by atoms with Gasteiger partial charge in [-0.05, 0) is 50.5 Å². The predicted octanol–water partition coefficient (Wildman–Crippen LogP) is 2.97. The van der Waals surface area contributed by atoms with Gasteiger partial charge in [0.1, 0.15) is 5.60 Å². The molecular formula is C16H23FN2O3. The van der Waals surface area contributed by atoms with Crippen molar-refractivity contribution in [3.05, 3.63) is 29.1 Å². The number of rotatable bonds is 1. The molecule has 0 aliphatic carbocycles. The first-order chi connectivity index (χ1) is 10.2. The zero-order chi connectivity index (χ0) is 16.5. The van der Waals surface area contributed by atoms with Crippen LogP contribution in [0.2, 0.25) is 0 Å². The van der Waals surface area contributed by atoms with Gasteiger partial charge in [-0.1, -0.05) is 0 Å². The van der Waals surface area contributed by atoms with Gasteiger partial charge in [-0.15, -0.1) is 0 Å². The normalized spacial score (nSPS) is 18.5. The second-order valence-corrected chi connectivity index (χ2v) is 6.48. The Morgan fingerprint density at radius 3 is 2.68 bits per heavy atom. The summed E-state index contributed by atoms with van der Waals surface area (Å²) in [6.45, 7) is 6.26. The van der Waals surface area contributed by atoms with Crippen LogP contribution >= 0.6 is 0 Å². The van der Waals surface area contributed by atoms with E-state index >= 15 is 0 Å². The number of amides is 1. The van der Waals surface area contributed by atoms with Gasteiger partial charge in [0.05, 0.1) is 7.11 Å². The van der Waals surface area contributed by atoms with Crippen LogP contribution in [0.15, 0.2) is 12.1 Å². The Labute approximate surface area is 130 Å². The summed E-state index contributed by atoms with van der Waals surface area (Å²) < 4.78 is 24.3. The van der Waals surface area contributed by atoms with Gasteiger partial charge in [-0.2, -0.15) is 0 Å². The standard InChI is InChI=1S/C16H23FN2O3/c1-16(2,3)22-15(20)19-6-5-13(18)11-8-12(17)14(21-4)7-10(11)9-19/h7-8,13H,5-6,9,18H2,1-4H3/t13-/m1/s1. The molecule has 2 N–H and O–H groups in total. The van der Waals surface area contributed by atoms with Crippen molar-refractivity contribution in [2.24, 2.45) is 5.73 Å². The quantitative estimate of drug-likeness (QED) is 0.866. The fourth-order valence-electron chi connectivity index (χ4n) is 2.47. The van der Waals surface area contributed by atoms with Crippen molar-refractivity contribution in [1.29, 1.82) is 0 Å². The Morgan fingerprint density at radius 2 is 2.09 bits per heavy atom. The molecule has 122 valence electrons. The minimum absolute atomic E-state index is 0.150. The van der Waals surface area contributed by atoms with Gasteiger partial charge in [0.25, 0.3) is 0 Å². The summed E-state index contributed by atoms with van der Waals surface area (Å²) in [5.41, 5.74) is 7.05. The van der Waals surface area contributed by atoms with Crippen LogP contribution in [0.25, 0.3) is 0 Å². The molecule has 0 saturated carbocycles. The first kappa shape index (κ1) is 16.5. The molecule has 1 aliphatic rings.